The highest BCUT2D eigenvalue weighted by Crippen LogP contribution is 2.34. The molecular weight excluding hydrogens is 288 g/mol. The summed E-state index contributed by atoms with van der Waals surface area (Å²) in [5.41, 5.74) is -0.239. The summed E-state index contributed by atoms with van der Waals surface area (Å²) in [6.45, 7) is 5.77. The summed E-state index contributed by atoms with van der Waals surface area (Å²) in [4.78, 5) is 11.8. The van der Waals surface area contributed by atoms with Gasteiger partial charge >= 0.3 is 5.97 Å². The maximum atomic E-state index is 11.8. The molecule has 7 heteroatoms. The van der Waals surface area contributed by atoms with E-state index in [0.29, 0.717) is 0 Å². The Bertz CT molecular complexity index is 404. The minimum absolute atomic E-state index is 0.106. The van der Waals surface area contributed by atoms with Crippen molar-refractivity contribution in [3.63, 3.8) is 0 Å². The van der Waals surface area contributed by atoms with E-state index in [1.54, 1.807) is 0 Å². The molecule has 1 unspecified atom stereocenters. The van der Waals surface area contributed by atoms with Crippen LogP contribution in [0.4, 0.5) is 0 Å². The van der Waals surface area contributed by atoms with Crippen LogP contribution >= 0.6 is 11.8 Å². The average Bonchev–Trinajstić information content (AvgIpc) is 2.72. The molecule has 1 rings (SSSR count). The van der Waals surface area contributed by atoms with Crippen molar-refractivity contribution in [3.05, 3.63) is 0 Å². The van der Waals surface area contributed by atoms with E-state index in [1.807, 2.05) is 20.8 Å². The predicted octanol–water partition coefficient (Wildman–Crippen LogP) is 2.47. The first kappa shape index (κ1) is 16.8. The fourth-order valence-corrected chi connectivity index (χ4v) is 4.28. The first-order chi connectivity index (χ1) is 8.59. The van der Waals surface area contributed by atoms with Crippen LogP contribution in [0.25, 0.3) is 0 Å². The average molecular weight is 310 g/mol. The largest absolute Gasteiger partial charge is 0.463 e. The van der Waals surface area contributed by atoms with Crippen LogP contribution in [-0.4, -0.2) is 35.4 Å². The van der Waals surface area contributed by atoms with E-state index in [0.717, 1.165) is 37.4 Å². The van der Waals surface area contributed by atoms with Crippen molar-refractivity contribution in [2.75, 3.05) is 6.61 Å². The highest BCUT2D eigenvalue weighted by Gasteiger charge is 2.37. The van der Waals surface area contributed by atoms with Crippen molar-refractivity contribution in [3.8, 4) is 0 Å². The normalized spacial score (nSPS) is 19.4. The van der Waals surface area contributed by atoms with Gasteiger partial charge in [-0.05, 0) is 18.3 Å². The van der Waals surface area contributed by atoms with Crippen LogP contribution in [0, 0.1) is 5.41 Å². The summed E-state index contributed by atoms with van der Waals surface area (Å²) < 4.78 is 35.3. The predicted molar refractivity (Wildman–Crippen MR) is 75.6 cm³/mol. The summed E-state index contributed by atoms with van der Waals surface area (Å²) in [5.74, 6) is -0.866. The minimum Gasteiger partial charge on any atom is -0.463 e. The third-order valence-electron chi connectivity index (χ3n) is 2.73. The smallest absolute Gasteiger partial charge is 0.337 e. The van der Waals surface area contributed by atoms with Crippen molar-refractivity contribution in [1.82, 2.24) is 0 Å². The molecular formula is C12H22O5S2. The van der Waals surface area contributed by atoms with Crippen LogP contribution in [0.3, 0.4) is 0 Å². The Morgan fingerprint density at radius 2 is 1.89 bits per heavy atom. The Morgan fingerprint density at radius 3 is 2.32 bits per heavy atom. The molecule has 0 amide bonds. The fourth-order valence-electron chi connectivity index (χ4n) is 1.80. The number of carbonyl (C=O) groups is 1. The molecule has 0 aromatic rings. The van der Waals surface area contributed by atoms with Crippen LogP contribution < -0.4 is 0 Å². The van der Waals surface area contributed by atoms with E-state index >= 15 is 0 Å². The number of hydrogen-bond donors (Lipinski definition) is 1. The van der Waals surface area contributed by atoms with Crippen molar-refractivity contribution in [2.45, 2.75) is 56.3 Å². The van der Waals surface area contributed by atoms with Crippen LogP contribution in [-0.2, 0) is 19.6 Å². The van der Waals surface area contributed by atoms with Gasteiger partial charge in [-0.3, -0.25) is 4.55 Å². The zero-order chi connectivity index (χ0) is 14.7. The molecule has 112 valence electrons. The number of rotatable bonds is 5. The first-order valence-corrected chi connectivity index (χ1v) is 8.82. The lowest BCUT2D eigenvalue weighted by atomic mass is 9.99. The van der Waals surface area contributed by atoms with Crippen molar-refractivity contribution in [1.29, 1.82) is 0 Å². The van der Waals surface area contributed by atoms with Gasteiger partial charge in [0.15, 0.2) is 0 Å². The molecule has 1 fully saturated rings. The topological polar surface area (TPSA) is 80.7 Å². The summed E-state index contributed by atoms with van der Waals surface area (Å²) in [5, 5.41) is 0.106. The second kappa shape index (κ2) is 6.45. The monoisotopic (exact) mass is 310 g/mol. The summed E-state index contributed by atoms with van der Waals surface area (Å²) in [7, 11) is -4.43. The van der Waals surface area contributed by atoms with Gasteiger partial charge in [-0.1, -0.05) is 33.6 Å². The quantitative estimate of drug-likeness (QED) is 0.620. The van der Waals surface area contributed by atoms with Gasteiger partial charge in [-0.15, -0.1) is 11.8 Å². The molecule has 0 aromatic heterocycles. The second-order valence-electron chi connectivity index (χ2n) is 6.06. The van der Waals surface area contributed by atoms with E-state index < -0.39 is 20.7 Å². The molecule has 1 N–H and O–H groups in total. The van der Waals surface area contributed by atoms with Gasteiger partial charge in [0.2, 0.25) is 4.58 Å². The van der Waals surface area contributed by atoms with Gasteiger partial charge in [0.1, 0.15) is 0 Å². The van der Waals surface area contributed by atoms with Gasteiger partial charge < -0.3 is 4.74 Å². The van der Waals surface area contributed by atoms with E-state index in [-0.39, 0.29) is 17.3 Å². The fraction of sp³-hybridized carbons (Fsp3) is 0.917. The SMILES string of the molecule is CC(C)(C)COC(=O)C(SC1CCCC1)S(=O)(=O)O. The lowest BCUT2D eigenvalue weighted by Crippen LogP contribution is -2.32. The van der Waals surface area contributed by atoms with Crippen LogP contribution in [0.15, 0.2) is 0 Å². The zero-order valence-corrected chi connectivity index (χ0v) is 13.2. The molecule has 0 saturated heterocycles. The molecule has 1 aliphatic rings. The molecule has 0 radical (unpaired) electrons. The van der Waals surface area contributed by atoms with Gasteiger partial charge in [0.25, 0.3) is 10.1 Å². The highest BCUT2D eigenvalue weighted by atomic mass is 32.3. The van der Waals surface area contributed by atoms with Crippen LogP contribution in [0.1, 0.15) is 46.5 Å². The van der Waals surface area contributed by atoms with E-state index in [4.69, 9.17) is 4.74 Å². The summed E-state index contributed by atoms with van der Waals surface area (Å²) in [6, 6.07) is 0. The van der Waals surface area contributed by atoms with Crippen molar-refractivity contribution >= 4 is 27.8 Å². The maximum Gasteiger partial charge on any atom is 0.337 e. The van der Waals surface area contributed by atoms with Gasteiger partial charge in [0.05, 0.1) is 6.61 Å². The van der Waals surface area contributed by atoms with Gasteiger partial charge in [0, 0.05) is 5.25 Å². The number of ether oxygens (including phenoxy) is 1. The second-order valence-corrected chi connectivity index (χ2v) is 9.27. The molecule has 19 heavy (non-hydrogen) atoms. The van der Waals surface area contributed by atoms with E-state index in [2.05, 4.69) is 0 Å². The lowest BCUT2D eigenvalue weighted by Gasteiger charge is -2.21. The molecule has 0 heterocycles. The molecule has 1 atom stereocenters. The highest BCUT2D eigenvalue weighted by molar-refractivity contribution is 8.13. The third kappa shape index (κ3) is 6.14. The first-order valence-electron chi connectivity index (χ1n) is 6.38. The zero-order valence-electron chi connectivity index (χ0n) is 11.6. The maximum absolute atomic E-state index is 11.8. The molecule has 1 saturated carbocycles. The third-order valence-corrected chi connectivity index (χ3v) is 5.82. The van der Waals surface area contributed by atoms with E-state index in [9.17, 15) is 17.8 Å². The van der Waals surface area contributed by atoms with Crippen molar-refractivity contribution in [2.24, 2.45) is 5.41 Å². The number of carbonyl (C=O) groups excluding carboxylic acids is 1. The van der Waals surface area contributed by atoms with Crippen LogP contribution in [0.2, 0.25) is 0 Å². The number of esters is 1. The Balaban J connectivity index is 2.65. The summed E-state index contributed by atoms with van der Waals surface area (Å²) in [6.07, 6.45) is 3.83. The molecule has 0 aliphatic heterocycles. The minimum atomic E-state index is -4.43. The standard InChI is InChI=1S/C12H22O5S2/c1-12(2,3)8-17-10(13)11(19(14,15)16)18-9-6-4-5-7-9/h9,11H,4-8H2,1-3H3,(H,14,15,16). The molecule has 0 aromatic carbocycles. The van der Waals surface area contributed by atoms with Crippen molar-refractivity contribution < 1.29 is 22.5 Å². The Kier molecular flexibility index (Phi) is 5.70. The summed E-state index contributed by atoms with van der Waals surface area (Å²) >= 11 is 1.01. The lowest BCUT2D eigenvalue weighted by molar-refractivity contribution is -0.144. The Morgan fingerprint density at radius 1 is 1.37 bits per heavy atom. The van der Waals surface area contributed by atoms with Gasteiger partial charge in [-0.2, -0.15) is 8.42 Å². The number of thioether (sulfide) groups is 1. The Hall–Kier alpha value is -0.270. The van der Waals surface area contributed by atoms with Crippen LogP contribution in [0.5, 0.6) is 0 Å². The molecule has 0 bridgehead atoms. The number of hydrogen-bond acceptors (Lipinski definition) is 5. The molecule has 0 spiro atoms. The Labute approximate surface area is 119 Å². The molecule has 5 nitrogen and oxygen atoms in total. The molecule has 1 aliphatic carbocycles. The van der Waals surface area contributed by atoms with Gasteiger partial charge in [-0.25, -0.2) is 4.79 Å². The van der Waals surface area contributed by atoms with E-state index in [1.165, 1.54) is 0 Å².